The van der Waals surface area contributed by atoms with Gasteiger partial charge in [0.15, 0.2) is 0 Å². The van der Waals surface area contributed by atoms with Crippen LogP contribution in [0.25, 0.3) is 0 Å². The third kappa shape index (κ3) is 4.42. The second-order valence-corrected chi connectivity index (χ2v) is 5.97. The van der Waals surface area contributed by atoms with Crippen molar-refractivity contribution in [2.45, 2.75) is 47.0 Å². The average Bonchev–Trinajstić information content (AvgIpc) is 2.61. The molecule has 1 aliphatic rings. The summed E-state index contributed by atoms with van der Waals surface area (Å²) >= 11 is 0. The molecule has 0 saturated carbocycles. The van der Waals surface area contributed by atoms with E-state index in [1.807, 2.05) is 0 Å². The first-order valence-electron chi connectivity index (χ1n) is 7.02. The van der Waals surface area contributed by atoms with Crippen LogP contribution in [0.5, 0.6) is 0 Å². The molecule has 0 aliphatic carbocycles. The second kappa shape index (κ2) is 6.61. The van der Waals surface area contributed by atoms with Crippen molar-refractivity contribution < 1.29 is 0 Å². The fourth-order valence-corrected chi connectivity index (χ4v) is 2.96. The molecule has 1 fully saturated rings. The molecule has 2 atom stereocenters. The molecular formula is C14H30N2. The van der Waals surface area contributed by atoms with E-state index in [1.165, 1.54) is 45.4 Å². The van der Waals surface area contributed by atoms with Crippen molar-refractivity contribution in [1.82, 2.24) is 10.2 Å². The lowest BCUT2D eigenvalue weighted by Gasteiger charge is -2.34. The van der Waals surface area contributed by atoms with E-state index in [0.29, 0.717) is 5.41 Å². The predicted octanol–water partition coefficient (Wildman–Crippen LogP) is 2.74. The number of likely N-dealkylation sites (tertiary alicyclic amines) is 1. The number of nitrogens with zero attached hydrogens (tertiary/aromatic N) is 1. The van der Waals surface area contributed by atoms with Gasteiger partial charge in [-0.15, -0.1) is 0 Å². The summed E-state index contributed by atoms with van der Waals surface area (Å²) in [4.78, 5) is 2.66. The van der Waals surface area contributed by atoms with Crippen LogP contribution in [0.1, 0.15) is 47.0 Å². The molecule has 1 heterocycles. The third-order valence-corrected chi connectivity index (χ3v) is 3.77. The molecule has 0 bridgehead atoms. The molecule has 1 saturated heterocycles. The molecule has 1 rings (SSSR count). The zero-order valence-electron chi connectivity index (χ0n) is 11.7. The van der Waals surface area contributed by atoms with Crippen molar-refractivity contribution in [2.24, 2.45) is 11.3 Å². The van der Waals surface area contributed by atoms with Crippen LogP contribution < -0.4 is 5.32 Å². The first kappa shape index (κ1) is 14.0. The molecule has 1 N–H and O–H groups in total. The van der Waals surface area contributed by atoms with Gasteiger partial charge in [-0.05, 0) is 37.3 Å². The van der Waals surface area contributed by atoms with Crippen molar-refractivity contribution in [1.29, 1.82) is 0 Å². The summed E-state index contributed by atoms with van der Waals surface area (Å²) in [7, 11) is 0. The van der Waals surface area contributed by atoms with E-state index >= 15 is 0 Å². The highest BCUT2D eigenvalue weighted by atomic mass is 15.2. The van der Waals surface area contributed by atoms with Crippen molar-refractivity contribution in [2.75, 3.05) is 32.7 Å². The normalized spacial score (nSPS) is 25.9. The zero-order chi connectivity index (χ0) is 12.0. The van der Waals surface area contributed by atoms with Gasteiger partial charge < -0.3 is 10.2 Å². The van der Waals surface area contributed by atoms with Crippen molar-refractivity contribution in [3.8, 4) is 0 Å². The number of rotatable bonds is 7. The Bertz CT molecular complexity index is 193. The number of hydrogen-bond acceptors (Lipinski definition) is 2. The van der Waals surface area contributed by atoms with Crippen LogP contribution in [0.15, 0.2) is 0 Å². The second-order valence-electron chi connectivity index (χ2n) is 5.97. The Balaban J connectivity index is 2.42. The lowest BCUT2D eigenvalue weighted by Crippen LogP contribution is -2.41. The van der Waals surface area contributed by atoms with Gasteiger partial charge in [-0.25, -0.2) is 0 Å². The maximum atomic E-state index is 3.53. The van der Waals surface area contributed by atoms with E-state index in [2.05, 4.69) is 37.9 Å². The Kier molecular flexibility index (Phi) is 5.77. The van der Waals surface area contributed by atoms with Gasteiger partial charge in [0.2, 0.25) is 0 Å². The molecule has 0 aromatic rings. The molecule has 0 radical (unpaired) electrons. The van der Waals surface area contributed by atoms with Gasteiger partial charge in [0.1, 0.15) is 0 Å². The van der Waals surface area contributed by atoms with Crippen LogP contribution in [-0.2, 0) is 0 Å². The van der Waals surface area contributed by atoms with E-state index < -0.39 is 0 Å². The largest absolute Gasteiger partial charge is 0.316 e. The summed E-state index contributed by atoms with van der Waals surface area (Å²) < 4.78 is 0. The van der Waals surface area contributed by atoms with Crippen LogP contribution >= 0.6 is 0 Å². The lowest BCUT2D eigenvalue weighted by molar-refractivity contribution is 0.170. The van der Waals surface area contributed by atoms with E-state index in [1.54, 1.807) is 0 Å². The van der Waals surface area contributed by atoms with Gasteiger partial charge >= 0.3 is 0 Å². The van der Waals surface area contributed by atoms with Crippen LogP contribution in [0.2, 0.25) is 0 Å². The molecule has 0 aromatic carbocycles. The minimum atomic E-state index is 0.467. The summed E-state index contributed by atoms with van der Waals surface area (Å²) in [5, 5.41) is 3.53. The fraction of sp³-hybridized carbons (Fsp3) is 1.00. The molecule has 0 aromatic heterocycles. The topological polar surface area (TPSA) is 15.3 Å². The van der Waals surface area contributed by atoms with Crippen molar-refractivity contribution in [3.63, 3.8) is 0 Å². The van der Waals surface area contributed by atoms with Crippen LogP contribution in [0.3, 0.4) is 0 Å². The third-order valence-electron chi connectivity index (χ3n) is 3.77. The van der Waals surface area contributed by atoms with E-state index in [0.717, 1.165) is 12.5 Å². The Hall–Kier alpha value is -0.0800. The molecule has 1 aliphatic heterocycles. The Morgan fingerprint density at radius 1 is 1.38 bits per heavy atom. The quantitative estimate of drug-likeness (QED) is 0.718. The van der Waals surface area contributed by atoms with Gasteiger partial charge in [0.25, 0.3) is 0 Å². The fourth-order valence-electron chi connectivity index (χ4n) is 2.96. The Labute approximate surface area is 102 Å². The van der Waals surface area contributed by atoms with Crippen LogP contribution in [0.4, 0.5) is 0 Å². The molecule has 2 nitrogen and oxygen atoms in total. The minimum Gasteiger partial charge on any atom is -0.316 e. The van der Waals surface area contributed by atoms with Gasteiger partial charge in [-0.1, -0.05) is 34.1 Å². The molecule has 0 spiro atoms. The van der Waals surface area contributed by atoms with E-state index in [4.69, 9.17) is 0 Å². The SMILES string of the molecule is CCCC(C)(CNCC)CN1CCC(C)C1. The van der Waals surface area contributed by atoms with Gasteiger partial charge in [0.05, 0.1) is 0 Å². The van der Waals surface area contributed by atoms with Crippen molar-refractivity contribution >= 4 is 0 Å². The molecule has 16 heavy (non-hydrogen) atoms. The molecule has 96 valence electrons. The number of nitrogens with one attached hydrogen (secondary N) is 1. The lowest BCUT2D eigenvalue weighted by atomic mass is 9.85. The van der Waals surface area contributed by atoms with Crippen molar-refractivity contribution in [3.05, 3.63) is 0 Å². The highest BCUT2D eigenvalue weighted by molar-refractivity contribution is 4.83. The van der Waals surface area contributed by atoms with Gasteiger partial charge in [0, 0.05) is 19.6 Å². The molecular weight excluding hydrogens is 196 g/mol. The average molecular weight is 226 g/mol. The van der Waals surface area contributed by atoms with E-state index in [9.17, 15) is 0 Å². The summed E-state index contributed by atoms with van der Waals surface area (Å²) in [6.07, 6.45) is 4.03. The maximum absolute atomic E-state index is 3.53. The summed E-state index contributed by atoms with van der Waals surface area (Å²) in [5.41, 5.74) is 0.467. The smallest absolute Gasteiger partial charge is 0.00476 e. The first-order valence-corrected chi connectivity index (χ1v) is 7.02. The number of hydrogen-bond donors (Lipinski definition) is 1. The van der Waals surface area contributed by atoms with E-state index in [-0.39, 0.29) is 0 Å². The summed E-state index contributed by atoms with van der Waals surface area (Å²) in [6.45, 7) is 15.5. The zero-order valence-corrected chi connectivity index (χ0v) is 11.7. The molecule has 2 heteroatoms. The standard InChI is InChI=1S/C14H30N2/c1-5-8-14(4,11-15-6-2)12-16-9-7-13(3)10-16/h13,15H,5-12H2,1-4H3. The maximum Gasteiger partial charge on any atom is 0.00476 e. The van der Waals surface area contributed by atoms with Crippen LogP contribution in [0, 0.1) is 11.3 Å². The first-order chi connectivity index (χ1) is 7.59. The predicted molar refractivity (Wildman–Crippen MR) is 71.8 cm³/mol. The minimum absolute atomic E-state index is 0.467. The summed E-state index contributed by atoms with van der Waals surface area (Å²) in [5.74, 6) is 0.907. The Morgan fingerprint density at radius 3 is 2.62 bits per heavy atom. The molecule has 0 amide bonds. The van der Waals surface area contributed by atoms with Gasteiger partial charge in [-0.2, -0.15) is 0 Å². The summed E-state index contributed by atoms with van der Waals surface area (Å²) in [6, 6.07) is 0. The monoisotopic (exact) mass is 226 g/mol. The highest BCUT2D eigenvalue weighted by Gasteiger charge is 2.28. The van der Waals surface area contributed by atoms with Gasteiger partial charge in [-0.3, -0.25) is 0 Å². The Morgan fingerprint density at radius 2 is 2.12 bits per heavy atom. The molecule has 2 unspecified atom stereocenters. The van der Waals surface area contributed by atoms with Crippen LogP contribution in [-0.4, -0.2) is 37.6 Å². The highest BCUT2D eigenvalue weighted by Crippen LogP contribution is 2.27.